The van der Waals surface area contributed by atoms with Crippen LogP contribution in [0.3, 0.4) is 0 Å². The van der Waals surface area contributed by atoms with Gasteiger partial charge in [-0.25, -0.2) is 9.97 Å². The smallest absolute Gasteiger partial charge is 0.306 e. The van der Waals surface area contributed by atoms with Gasteiger partial charge in [-0.1, -0.05) is 12.0 Å². The molecule has 2 aromatic carbocycles. The molecule has 0 atom stereocenters. The van der Waals surface area contributed by atoms with Crippen LogP contribution in [0.15, 0.2) is 42.7 Å². The molecule has 0 spiro atoms. The van der Waals surface area contributed by atoms with E-state index in [1.54, 1.807) is 19.2 Å². The average molecular weight is 479 g/mol. The van der Waals surface area contributed by atoms with Gasteiger partial charge < -0.3 is 29.4 Å². The summed E-state index contributed by atoms with van der Waals surface area (Å²) in [6.45, 7) is 0.646. The Hall–Kier alpha value is -4.36. The van der Waals surface area contributed by atoms with Crippen molar-refractivity contribution in [3.63, 3.8) is 0 Å². The monoisotopic (exact) mass is 479 g/mol. The van der Waals surface area contributed by atoms with Gasteiger partial charge in [0.05, 0.1) is 25.0 Å². The molecule has 10 nitrogen and oxygen atoms in total. The van der Waals surface area contributed by atoms with E-state index in [4.69, 9.17) is 30.5 Å². The summed E-state index contributed by atoms with van der Waals surface area (Å²) < 4.78 is 21.7. The highest BCUT2D eigenvalue weighted by atomic mass is 16.6. The topological polar surface area (TPSA) is 129 Å². The maximum absolute atomic E-state index is 11.6. The van der Waals surface area contributed by atoms with Crippen LogP contribution in [0, 0.1) is 12.3 Å². The largest absolute Gasteiger partial charge is 0.487 e. The van der Waals surface area contributed by atoms with Gasteiger partial charge in [0.15, 0.2) is 11.5 Å². The number of methoxy groups -OCH3 is 1. The molecule has 0 amide bonds. The summed E-state index contributed by atoms with van der Waals surface area (Å²) in [7, 11) is 1.57. The maximum atomic E-state index is 11.6. The fraction of sp³-hybridized carbons (Fsp3) is 0.280. The van der Waals surface area contributed by atoms with E-state index in [0.717, 1.165) is 11.3 Å². The van der Waals surface area contributed by atoms with Gasteiger partial charge >= 0.3 is 11.9 Å². The minimum Gasteiger partial charge on any atom is -0.487 e. The Kier molecular flexibility index (Phi) is 9.22. The molecule has 0 unspecified atom stereocenters. The van der Waals surface area contributed by atoms with E-state index in [1.165, 1.54) is 6.33 Å². The summed E-state index contributed by atoms with van der Waals surface area (Å²) in [6.07, 6.45) is 6.43. The molecule has 0 radical (unpaired) electrons. The van der Waals surface area contributed by atoms with Crippen molar-refractivity contribution in [1.29, 1.82) is 0 Å². The number of carboxylic acid groups (broad SMARTS) is 1. The lowest BCUT2D eigenvalue weighted by atomic mass is 10.2. The zero-order valence-electron chi connectivity index (χ0n) is 19.2. The Balaban J connectivity index is 1.78. The molecule has 0 aliphatic rings. The number of anilines is 2. The van der Waals surface area contributed by atoms with Crippen LogP contribution in [-0.4, -0.2) is 60.6 Å². The lowest BCUT2D eigenvalue weighted by Crippen LogP contribution is -2.14. The van der Waals surface area contributed by atoms with E-state index in [2.05, 4.69) is 21.2 Å². The van der Waals surface area contributed by atoms with Crippen LogP contribution in [-0.2, 0) is 19.1 Å². The molecule has 0 bridgehead atoms. The zero-order chi connectivity index (χ0) is 25.0. The van der Waals surface area contributed by atoms with Crippen molar-refractivity contribution in [1.82, 2.24) is 9.97 Å². The summed E-state index contributed by atoms with van der Waals surface area (Å²) >= 11 is 0. The van der Waals surface area contributed by atoms with Gasteiger partial charge in [0.2, 0.25) is 0 Å². The van der Waals surface area contributed by atoms with Crippen molar-refractivity contribution in [3.8, 4) is 23.8 Å². The predicted octanol–water partition coefficient (Wildman–Crippen LogP) is 3.17. The number of aromatic nitrogens is 2. The van der Waals surface area contributed by atoms with Crippen molar-refractivity contribution < 1.29 is 33.6 Å². The van der Waals surface area contributed by atoms with Crippen LogP contribution in [0.1, 0.15) is 18.4 Å². The number of esters is 1. The number of terminal acetylenes is 1. The van der Waals surface area contributed by atoms with Gasteiger partial charge in [0, 0.05) is 29.8 Å². The molecule has 1 heterocycles. The summed E-state index contributed by atoms with van der Waals surface area (Å²) in [5, 5.41) is 12.6. The van der Waals surface area contributed by atoms with Crippen molar-refractivity contribution in [2.24, 2.45) is 0 Å². The van der Waals surface area contributed by atoms with E-state index in [-0.39, 0.29) is 32.7 Å². The number of ether oxygens (including phenoxy) is 4. The number of nitrogens with zero attached hydrogens (tertiary/aromatic N) is 2. The normalized spacial score (nSPS) is 10.4. The van der Waals surface area contributed by atoms with E-state index >= 15 is 0 Å². The molecule has 0 fully saturated rings. The second-order valence-corrected chi connectivity index (χ2v) is 7.19. The molecule has 0 saturated heterocycles. The molecule has 1 aromatic heterocycles. The third-order valence-corrected chi connectivity index (χ3v) is 4.68. The van der Waals surface area contributed by atoms with Gasteiger partial charge in [-0.3, -0.25) is 9.59 Å². The molecule has 2 N–H and O–H groups in total. The Morgan fingerprint density at radius 3 is 2.54 bits per heavy atom. The fourth-order valence-corrected chi connectivity index (χ4v) is 3.04. The van der Waals surface area contributed by atoms with Gasteiger partial charge in [0.1, 0.15) is 32.0 Å². The Morgan fingerprint density at radius 1 is 1.03 bits per heavy atom. The first-order valence-corrected chi connectivity index (χ1v) is 10.7. The Morgan fingerprint density at radius 2 is 1.80 bits per heavy atom. The molecule has 10 heteroatoms. The second kappa shape index (κ2) is 12.8. The summed E-state index contributed by atoms with van der Waals surface area (Å²) in [5.74, 6) is 2.31. The number of fused-ring (bicyclic) bond motifs is 1. The highest BCUT2D eigenvalue weighted by Gasteiger charge is 2.14. The quantitative estimate of drug-likeness (QED) is 0.214. The molecule has 182 valence electrons. The van der Waals surface area contributed by atoms with Gasteiger partial charge in [0.25, 0.3) is 0 Å². The van der Waals surface area contributed by atoms with Crippen LogP contribution in [0.25, 0.3) is 10.9 Å². The fourth-order valence-electron chi connectivity index (χ4n) is 3.04. The van der Waals surface area contributed by atoms with Crippen LogP contribution < -0.4 is 14.8 Å². The van der Waals surface area contributed by atoms with Crippen LogP contribution in [0.4, 0.5) is 11.5 Å². The molecule has 0 aliphatic heterocycles. The molecular weight excluding hydrogens is 454 g/mol. The minimum absolute atomic E-state index is 0.0417. The molecule has 3 aromatic rings. The first-order chi connectivity index (χ1) is 17.0. The van der Waals surface area contributed by atoms with Crippen molar-refractivity contribution in [2.45, 2.75) is 12.8 Å². The van der Waals surface area contributed by atoms with E-state index in [9.17, 15) is 9.59 Å². The lowest BCUT2D eigenvalue weighted by Gasteiger charge is -2.15. The minimum atomic E-state index is -1.06. The van der Waals surface area contributed by atoms with Gasteiger partial charge in [-0.2, -0.15) is 0 Å². The number of carboxylic acids is 1. The number of rotatable bonds is 13. The average Bonchev–Trinajstić information content (AvgIpc) is 2.86. The number of nitrogens with one attached hydrogen (secondary N) is 1. The maximum Gasteiger partial charge on any atom is 0.306 e. The molecular formula is C25H25N3O7. The van der Waals surface area contributed by atoms with Gasteiger partial charge in [-0.15, -0.1) is 6.42 Å². The summed E-state index contributed by atoms with van der Waals surface area (Å²) in [6, 6.07) is 10.8. The predicted molar refractivity (Wildman–Crippen MR) is 128 cm³/mol. The third-order valence-electron chi connectivity index (χ3n) is 4.68. The number of aliphatic carboxylic acids is 1. The molecule has 3 rings (SSSR count). The van der Waals surface area contributed by atoms with E-state index < -0.39 is 11.9 Å². The Labute approximate surface area is 202 Å². The third kappa shape index (κ3) is 7.58. The standard InChI is InChI=1S/C25H25N3O7/c1-3-17-5-4-6-18(13-17)28-25-19-14-21(33-10-9-32-2)22(15-20(19)26-16-27-25)34-11-12-35-24(31)8-7-23(29)30/h1,4-6,13-16H,7-12H2,2H3,(H,29,30)(H,26,27,28). The van der Waals surface area contributed by atoms with Gasteiger partial charge in [-0.05, 0) is 24.3 Å². The Bertz CT molecular complexity index is 1220. The second-order valence-electron chi connectivity index (χ2n) is 7.19. The number of benzene rings is 2. The van der Waals surface area contributed by atoms with Crippen LogP contribution in [0.2, 0.25) is 0 Å². The van der Waals surface area contributed by atoms with Crippen molar-refractivity contribution in [3.05, 3.63) is 48.3 Å². The summed E-state index contributed by atoms with van der Waals surface area (Å²) in [4.78, 5) is 30.8. The van der Waals surface area contributed by atoms with Crippen LogP contribution >= 0.6 is 0 Å². The number of hydrogen-bond donors (Lipinski definition) is 2. The van der Waals surface area contributed by atoms with Crippen molar-refractivity contribution in [2.75, 3.05) is 38.9 Å². The SMILES string of the molecule is C#Cc1cccc(Nc2ncnc3cc(OCCOC(=O)CCC(=O)O)c(OCCOC)cc23)c1. The first-order valence-electron chi connectivity index (χ1n) is 10.7. The highest BCUT2D eigenvalue weighted by molar-refractivity contribution is 5.93. The molecule has 35 heavy (non-hydrogen) atoms. The highest BCUT2D eigenvalue weighted by Crippen LogP contribution is 2.35. The molecule has 0 aliphatic carbocycles. The molecule has 0 saturated carbocycles. The van der Waals surface area contributed by atoms with E-state index in [1.807, 2.05) is 24.3 Å². The zero-order valence-corrected chi connectivity index (χ0v) is 19.2. The lowest BCUT2D eigenvalue weighted by molar-refractivity contribution is -0.148. The van der Waals surface area contributed by atoms with Crippen molar-refractivity contribution >= 4 is 34.3 Å². The van der Waals surface area contributed by atoms with E-state index in [0.29, 0.717) is 34.8 Å². The summed E-state index contributed by atoms with van der Waals surface area (Å²) in [5.41, 5.74) is 2.10. The number of carbonyl (C=O) groups excluding carboxylic acids is 1. The number of hydrogen-bond acceptors (Lipinski definition) is 9. The first kappa shape index (κ1) is 25.3. The number of carbonyl (C=O) groups is 2. The van der Waals surface area contributed by atoms with Crippen LogP contribution in [0.5, 0.6) is 11.5 Å².